The fourth-order valence-corrected chi connectivity index (χ4v) is 3.87. The van der Waals surface area contributed by atoms with Gasteiger partial charge in [-0.2, -0.15) is 4.31 Å². The molecule has 1 aromatic rings. The molecule has 0 bridgehead atoms. The lowest BCUT2D eigenvalue weighted by molar-refractivity contribution is 0.273. The van der Waals surface area contributed by atoms with Crippen molar-refractivity contribution >= 4 is 21.6 Å². The van der Waals surface area contributed by atoms with E-state index in [4.69, 9.17) is 17.3 Å². The fourth-order valence-electron chi connectivity index (χ4n) is 1.73. The van der Waals surface area contributed by atoms with Gasteiger partial charge in [0.1, 0.15) is 10.7 Å². The van der Waals surface area contributed by atoms with Gasteiger partial charge in [0, 0.05) is 13.1 Å². The molecule has 20 heavy (non-hydrogen) atoms. The van der Waals surface area contributed by atoms with E-state index in [-0.39, 0.29) is 21.9 Å². The molecule has 0 saturated heterocycles. The Morgan fingerprint density at radius 1 is 1.40 bits per heavy atom. The summed E-state index contributed by atoms with van der Waals surface area (Å²) in [5.74, 6) is -0.570. The second-order valence-electron chi connectivity index (χ2n) is 5.37. The van der Waals surface area contributed by atoms with E-state index in [1.807, 2.05) is 13.8 Å². The van der Waals surface area contributed by atoms with Crippen LogP contribution in [0.2, 0.25) is 5.02 Å². The largest absolute Gasteiger partial charge is 0.330 e. The maximum Gasteiger partial charge on any atom is 0.244 e. The van der Waals surface area contributed by atoms with Crippen LogP contribution < -0.4 is 5.73 Å². The van der Waals surface area contributed by atoms with Gasteiger partial charge < -0.3 is 5.73 Å². The Bertz CT molecular complexity index is 576. The van der Waals surface area contributed by atoms with Crippen molar-refractivity contribution in [3.8, 4) is 0 Å². The van der Waals surface area contributed by atoms with Crippen LogP contribution in [-0.4, -0.2) is 32.4 Å². The van der Waals surface area contributed by atoms with E-state index >= 15 is 0 Å². The first-order valence-electron chi connectivity index (χ1n) is 6.29. The smallest absolute Gasteiger partial charge is 0.244 e. The van der Waals surface area contributed by atoms with Crippen LogP contribution in [0, 0.1) is 11.2 Å². The summed E-state index contributed by atoms with van der Waals surface area (Å²) in [5.41, 5.74) is 5.29. The monoisotopic (exact) mass is 322 g/mol. The Labute approximate surface area is 124 Å². The Morgan fingerprint density at radius 2 is 2.00 bits per heavy atom. The third-order valence-corrected chi connectivity index (χ3v) is 5.43. The molecule has 1 aromatic carbocycles. The zero-order valence-electron chi connectivity index (χ0n) is 11.9. The van der Waals surface area contributed by atoms with Crippen LogP contribution in [0.15, 0.2) is 23.1 Å². The van der Waals surface area contributed by atoms with E-state index in [0.29, 0.717) is 13.1 Å². The second kappa shape index (κ2) is 6.39. The SMILES string of the molecule is CCN(CC(C)(C)CN)S(=O)(=O)c1ccc(F)cc1Cl. The van der Waals surface area contributed by atoms with Crippen molar-refractivity contribution < 1.29 is 12.8 Å². The quantitative estimate of drug-likeness (QED) is 0.875. The van der Waals surface area contributed by atoms with Gasteiger partial charge in [-0.05, 0) is 30.2 Å². The number of rotatable bonds is 6. The summed E-state index contributed by atoms with van der Waals surface area (Å²) in [5, 5.41) is -0.117. The van der Waals surface area contributed by atoms with Gasteiger partial charge in [0.2, 0.25) is 10.0 Å². The van der Waals surface area contributed by atoms with Crippen LogP contribution in [-0.2, 0) is 10.0 Å². The van der Waals surface area contributed by atoms with Crippen LogP contribution in [0.5, 0.6) is 0 Å². The summed E-state index contributed by atoms with van der Waals surface area (Å²) in [6, 6.07) is 3.27. The molecule has 0 radical (unpaired) electrons. The average molecular weight is 323 g/mol. The van der Waals surface area contributed by atoms with Crippen LogP contribution in [0.25, 0.3) is 0 Å². The first kappa shape index (κ1) is 17.4. The molecule has 0 atom stereocenters. The molecular formula is C13H20ClFN2O2S. The summed E-state index contributed by atoms with van der Waals surface area (Å²) in [7, 11) is -3.76. The van der Waals surface area contributed by atoms with Crippen molar-refractivity contribution in [1.82, 2.24) is 4.31 Å². The van der Waals surface area contributed by atoms with Gasteiger partial charge in [0.05, 0.1) is 5.02 Å². The highest BCUT2D eigenvalue weighted by atomic mass is 35.5. The van der Waals surface area contributed by atoms with Crippen LogP contribution in [0.1, 0.15) is 20.8 Å². The van der Waals surface area contributed by atoms with Gasteiger partial charge in [0.15, 0.2) is 0 Å². The second-order valence-corrected chi connectivity index (χ2v) is 7.69. The predicted molar refractivity (Wildman–Crippen MR) is 78.7 cm³/mol. The molecule has 0 aliphatic rings. The Kier molecular flexibility index (Phi) is 5.54. The maximum absolute atomic E-state index is 13.0. The van der Waals surface area contributed by atoms with E-state index in [9.17, 15) is 12.8 Å². The minimum Gasteiger partial charge on any atom is -0.330 e. The molecule has 0 aliphatic heterocycles. The van der Waals surface area contributed by atoms with Gasteiger partial charge in [0.25, 0.3) is 0 Å². The molecule has 114 valence electrons. The lowest BCUT2D eigenvalue weighted by Gasteiger charge is -2.30. The minimum absolute atomic E-state index is 0.0877. The van der Waals surface area contributed by atoms with Crippen LogP contribution in [0.3, 0.4) is 0 Å². The molecule has 7 heteroatoms. The fraction of sp³-hybridized carbons (Fsp3) is 0.538. The molecule has 2 N–H and O–H groups in total. The van der Waals surface area contributed by atoms with E-state index in [1.165, 1.54) is 10.4 Å². The molecule has 0 amide bonds. The molecule has 0 aliphatic carbocycles. The number of nitrogens with two attached hydrogens (primary N) is 1. The lowest BCUT2D eigenvalue weighted by Crippen LogP contribution is -2.42. The summed E-state index contributed by atoms with van der Waals surface area (Å²) in [6.45, 7) is 6.43. The third kappa shape index (κ3) is 3.91. The van der Waals surface area contributed by atoms with E-state index < -0.39 is 15.8 Å². The van der Waals surface area contributed by atoms with Crippen molar-refractivity contribution in [1.29, 1.82) is 0 Å². The Morgan fingerprint density at radius 3 is 2.45 bits per heavy atom. The highest BCUT2D eigenvalue weighted by molar-refractivity contribution is 7.89. The summed E-state index contributed by atoms with van der Waals surface area (Å²) in [6.07, 6.45) is 0. The third-order valence-electron chi connectivity index (χ3n) is 3.02. The van der Waals surface area contributed by atoms with Crippen LogP contribution in [0.4, 0.5) is 4.39 Å². The first-order chi connectivity index (χ1) is 9.14. The van der Waals surface area contributed by atoms with Gasteiger partial charge in [-0.15, -0.1) is 0 Å². The number of nitrogens with zero attached hydrogens (tertiary/aromatic N) is 1. The normalized spacial score (nSPS) is 12.9. The molecular weight excluding hydrogens is 303 g/mol. The average Bonchev–Trinajstić information content (AvgIpc) is 2.35. The molecule has 0 spiro atoms. The van der Waals surface area contributed by atoms with Gasteiger partial charge in [-0.25, -0.2) is 12.8 Å². The van der Waals surface area contributed by atoms with Crippen molar-refractivity contribution in [3.63, 3.8) is 0 Å². The van der Waals surface area contributed by atoms with Crippen molar-refractivity contribution in [3.05, 3.63) is 29.0 Å². The van der Waals surface area contributed by atoms with E-state index in [1.54, 1.807) is 6.92 Å². The summed E-state index contributed by atoms with van der Waals surface area (Å²) in [4.78, 5) is -0.0877. The van der Waals surface area contributed by atoms with Gasteiger partial charge >= 0.3 is 0 Å². The standard InChI is InChI=1S/C13H20ClFN2O2S/c1-4-17(9-13(2,3)8-16)20(18,19)12-6-5-10(15)7-11(12)14/h5-7H,4,8-9,16H2,1-3H3. The van der Waals surface area contributed by atoms with Crippen molar-refractivity contribution in [2.45, 2.75) is 25.7 Å². The van der Waals surface area contributed by atoms with Gasteiger partial charge in [-0.1, -0.05) is 32.4 Å². The Hall–Kier alpha value is -0.690. The number of halogens is 2. The lowest BCUT2D eigenvalue weighted by atomic mass is 9.94. The molecule has 1 rings (SSSR count). The van der Waals surface area contributed by atoms with Crippen molar-refractivity contribution in [2.24, 2.45) is 11.1 Å². The predicted octanol–water partition coefficient (Wildman–Crippen LogP) is 2.47. The maximum atomic E-state index is 13.0. The molecule has 0 fully saturated rings. The molecule has 0 unspecified atom stereocenters. The molecule has 0 aromatic heterocycles. The molecule has 0 saturated carbocycles. The highest BCUT2D eigenvalue weighted by Crippen LogP contribution is 2.27. The number of hydrogen-bond acceptors (Lipinski definition) is 3. The number of sulfonamides is 1. The van der Waals surface area contributed by atoms with Gasteiger partial charge in [-0.3, -0.25) is 0 Å². The topological polar surface area (TPSA) is 63.4 Å². The van der Waals surface area contributed by atoms with E-state index in [0.717, 1.165) is 12.1 Å². The zero-order valence-corrected chi connectivity index (χ0v) is 13.4. The Balaban J connectivity index is 3.19. The summed E-state index contributed by atoms with van der Waals surface area (Å²) < 4.78 is 39.5. The van der Waals surface area contributed by atoms with E-state index in [2.05, 4.69) is 0 Å². The number of benzene rings is 1. The van der Waals surface area contributed by atoms with Crippen LogP contribution >= 0.6 is 11.6 Å². The minimum atomic E-state index is -3.76. The molecule has 0 heterocycles. The zero-order chi connectivity index (χ0) is 15.6. The van der Waals surface area contributed by atoms with Crippen molar-refractivity contribution in [2.75, 3.05) is 19.6 Å². The summed E-state index contributed by atoms with van der Waals surface area (Å²) >= 11 is 5.85. The number of hydrogen-bond donors (Lipinski definition) is 1. The first-order valence-corrected chi connectivity index (χ1v) is 8.11. The highest BCUT2D eigenvalue weighted by Gasteiger charge is 2.30. The molecule has 4 nitrogen and oxygen atoms in total.